The topological polar surface area (TPSA) is 51.0 Å². The van der Waals surface area contributed by atoms with Crippen LogP contribution in [0.5, 0.6) is 0 Å². The maximum atomic E-state index is 5.27. The van der Waals surface area contributed by atoms with Gasteiger partial charge in [-0.1, -0.05) is 0 Å². The molecule has 0 atom stereocenters. The highest BCUT2D eigenvalue weighted by Crippen LogP contribution is 2.20. The molecule has 0 aromatic carbocycles. The largest absolute Gasteiger partial charge is 0.424 e. The van der Waals surface area contributed by atoms with Gasteiger partial charge in [0.15, 0.2) is 0 Å². The highest BCUT2D eigenvalue weighted by atomic mass is 32.1. The summed E-state index contributed by atoms with van der Waals surface area (Å²) in [6.07, 6.45) is 0. The van der Waals surface area contributed by atoms with Crippen LogP contribution in [0, 0.1) is 20.8 Å². The molecule has 2 heterocycles. The minimum atomic E-state index is 0.611. The van der Waals surface area contributed by atoms with Crippen LogP contribution in [-0.2, 0) is 13.1 Å². The molecule has 0 saturated heterocycles. The quantitative estimate of drug-likeness (QED) is 0.886. The Bertz CT molecular complexity index is 456. The molecule has 0 amide bonds. The zero-order valence-electron chi connectivity index (χ0n) is 9.70. The lowest BCUT2D eigenvalue weighted by atomic mass is 10.3. The third-order valence-electron chi connectivity index (χ3n) is 2.36. The van der Waals surface area contributed by atoms with Gasteiger partial charge in [0.1, 0.15) is 0 Å². The monoisotopic (exact) mass is 237 g/mol. The zero-order valence-corrected chi connectivity index (χ0v) is 10.5. The van der Waals surface area contributed by atoms with E-state index in [1.807, 2.05) is 11.3 Å². The van der Waals surface area contributed by atoms with Crippen LogP contribution in [0.25, 0.3) is 0 Å². The minimum absolute atomic E-state index is 0.611. The van der Waals surface area contributed by atoms with Crippen molar-refractivity contribution in [1.82, 2.24) is 15.5 Å². The first-order chi connectivity index (χ1) is 7.65. The van der Waals surface area contributed by atoms with Crippen LogP contribution in [0.2, 0.25) is 0 Å². The van der Waals surface area contributed by atoms with Crippen molar-refractivity contribution in [3.8, 4) is 0 Å². The van der Waals surface area contributed by atoms with Crippen molar-refractivity contribution >= 4 is 11.3 Å². The molecule has 2 rings (SSSR count). The number of nitrogens with zero attached hydrogens (tertiary/aromatic N) is 2. The average Bonchev–Trinajstić information content (AvgIpc) is 2.75. The molecule has 0 unspecified atom stereocenters. The number of thiophene rings is 1. The predicted molar refractivity (Wildman–Crippen MR) is 63.4 cm³/mol. The van der Waals surface area contributed by atoms with E-state index in [4.69, 9.17) is 4.42 Å². The molecular formula is C11H15N3OS. The molecule has 0 spiro atoms. The lowest BCUT2D eigenvalue weighted by molar-refractivity contribution is 0.447. The van der Waals surface area contributed by atoms with Gasteiger partial charge < -0.3 is 9.73 Å². The Morgan fingerprint density at radius 3 is 2.62 bits per heavy atom. The van der Waals surface area contributed by atoms with E-state index in [1.54, 1.807) is 6.92 Å². The minimum Gasteiger partial charge on any atom is -0.424 e. The van der Waals surface area contributed by atoms with E-state index in [9.17, 15) is 0 Å². The van der Waals surface area contributed by atoms with E-state index in [1.165, 1.54) is 15.3 Å². The molecule has 86 valence electrons. The summed E-state index contributed by atoms with van der Waals surface area (Å²) < 4.78 is 5.27. The van der Waals surface area contributed by atoms with Gasteiger partial charge in [-0.15, -0.1) is 21.5 Å². The lowest BCUT2D eigenvalue weighted by Crippen LogP contribution is -2.11. The molecule has 0 aliphatic heterocycles. The lowest BCUT2D eigenvalue weighted by Gasteiger charge is -1.97. The Hall–Kier alpha value is -1.20. The van der Waals surface area contributed by atoms with E-state index >= 15 is 0 Å². The van der Waals surface area contributed by atoms with Crippen molar-refractivity contribution in [3.05, 3.63) is 33.2 Å². The van der Waals surface area contributed by atoms with E-state index in [0.29, 0.717) is 18.3 Å². The third-order valence-corrected chi connectivity index (χ3v) is 3.51. The molecule has 1 N–H and O–H groups in total. The Balaban J connectivity index is 1.84. The van der Waals surface area contributed by atoms with Crippen molar-refractivity contribution in [2.45, 2.75) is 33.9 Å². The molecule has 0 fully saturated rings. The molecule has 0 aliphatic rings. The standard InChI is InChI=1S/C11H15N3OS/c1-7-4-10(16-8(7)2)5-12-6-11-14-13-9(3)15-11/h4,12H,5-6H2,1-3H3. The molecule has 0 aliphatic carbocycles. The van der Waals surface area contributed by atoms with Gasteiger partial charge in [0.2, 0.25) is 11.8 Å². The number of aromatic nitrogens is 2. The second-order valence-electron chi connectivity index (χ2n) is 3.77. The van der Waals surface area contributed by atoms with Crippen molar-refractivity contribution < 1.29 is 4.42 Å². The van der Waals surface area contributed by atoms with Gasteiger partial charge in [0.25, 0.3) is 0 Å². The van der Waals surface area contributed by atoms with Crippen LogP contribution < -0.4 is 5.32 Å². The fourth-order valence-electron chi connectivity index (χ4n) is 1.44. The highest BCUT2D eigenvalue weighted by molar-refractivity contribution is 7.12. The van der Waals surface area contributed by atoms with Gasteiger partial charge in [0, 0.05) is 23.2 Å². The third kappa shape index (κ3) is 2.68. The number of nitrogens with one attached hydrogen (secondary N) is 1. The Labute approximate surface area is 98.7 Å². The number of hydrogen-bond acceptors (Lipinski definition) is 5. The summed E-state index contributed by atoms with van der Waals surface area (Å²) in [5.41, 5.74) is 1.36. The van der Waals surface area contributed by atoms with Crippen LogP contribution in [0.3, 0.4) is 0 Å². The van der Waals surface area contributed by atoms with Crippen molar-refractivity contribution in [2.24, 2.45) is 0 Å². The van der Waals surface area contributed by atoms with Crippen molar-refractivity contribution in [1.29, 1.82) is 0 Å². The SMILES string of the molecule is Cc1nnc(CNCc2cc(C)c(C)s2)o1. The van der Waals surface area contributed by atoms with Crippen molar-refractivity contribution in [3.63, 3.8) is 0 Å². The number of hydrogen-bond donors (Lipinski definition) is 1. The first-order valence-corrected chi connectivity index (χ1v) is 6.02. The average molecular weight is 237 g/mol. The predicted octanol–water partition coefficient (Wildman–Crippen LogP) is 2.35. The fraction of sp³-hybridized carbons (Fsp3) is 0.455. The number of rotatable bonds is 4. The van der Waals surface area contributed by atoms with Crippen LogP contribution in [-0.4, -0.2) is 10.2 Å². The first-order valence-electron chi connectivity index (χ1n) is 5.21. The van der Waals surface area contributed by atoms with Gasteiger partial charge in [-0.05, 0) is 25.5 Å². The fourth-order valence-corrected chi connectivity index (χ4v) is 2.46. The Morgan fingerprint density at radius 2 is 2.06 bits per heavy atom. The molecule has 4 nitrogen and oxygen atoms in total. The zero-order chi connectivity index (χ0) is 11.5. The number of aryl methyl sites for hydroxylation is 3. The maximum Gasteiger partial charge on any atom is 0.230 e. The first kappa shape index (κ1) is 11.3. The smallest absolute Gasteiger partial charge is 0.230 e. The Kier molecular flexibility index (Phi) is 3.36. The molecule has 0 saturated carbocycles. The van der Waals surface area contributed by atoms with E-state index in [-0.39, 0.29) is 0 Å². The van der Waals surface area contributed by atoms with E-state index in [0.717, 1.165) is 6.54 Å². The van der Waals surface area contributed by atoms with E-state index < -0.39 is 0 Å². The van der Waals surface area contributed by atoms with Crippen LogP contribution in [0.1, 0.15) is 27.1 Å². The summed E-state index contributed by atoms with van der Waals surface area (Å²) in [5.74, 6) is 1.25. The normalized spacial score (nSPS) is 10.9. The van der Waals surface area contributed by atoms with Crippen molar-refractivity contribution in [2.75, 3.05) is 0 Å². The van der Waals surface area contributed by atoms with Gasteiger partial charge in [0.05, 0.1) is 6.54 Å². The highest BCUT2D eigenvalue weighted by Gasteiger charge is 2.03. The van der Waals surface area contributed by atoms with Gasteiger partial charge in [-0.3, -0.25) is 0 Å². The molecule has 2 aromatic rings. The molecule has 2 aromatic heterocycles. The summed E-state index contributed by atoms with van der Waals surface area (Å²) in [6, 6.07) is 2.21. The summed E-state index contributed by atoms with van der Waals surface area (Å²) in [7, 11) is 0. The molecule has 0 bridgehead atoms. The van der Waals surface area contributed by atoms with Gasteiger partial charge >= 0.3 is 0 Å². The second-order valence-corrected chi connectivity index (χ2v) is 5.11. The van der Waals surface area contributed by atoms with Gasteiger partial charge in [-0.2, -0.15) is 0 Å². The summed E-state index contributed by atoms with van der Waals surface area (Å²) in [6.45, 7) is 7.54. The van der Waals surface area contributed by atoms with Gasteiger partial charge in [-0.25, -0.2) is 0 Å². The summed E-state index contributed by atoms with van der Waals surface area (Å²) in [5, 5.41) is 11.0. The Morgan fingerprint density at radius 1 is 1.25 bits per heavy atom. The van der Waals surface area contributed by atoms with E-state index in [2.05, 4.69) is 35.4 Å². The summed E-state index contributed by atoms with van der Waals surface area (Å²) in [4.78, 5) is 2.72. The molecular weight excluding hydrogens is 222 g/mol. The molecule has 0 radical (unpaired) electrons. The van der Waals surface area contributed by atoms with Crippen LogP contribution >= 0.6 is 11.3 Å². The second kappa shape index (κ2) is 4.76. The molecule has 5 heteroatoms. The van der Waals surface area contributed by atoms with Crippen LogP contribution in [0.4, 0.5) is 0 Å². The van der Waals surface area contributed by atoms with Crippen LogP contribution in [0.15, 0.2) is 10.5 Å². The summed E-state index contributed by atoms with van der Waals surface area (Å²) >= 11 is 1.83. The molecule has 16 heavy (non-hydrogen) atoms. The maximum absolute atomic E-state index is 5.27.